The smallest absolute Gasteiger partial charge is 0.238 e. The van der Waals surface area contributed by atoms with Crippen molar-refractivity contribution in [1.29, 1.82) is 0 Å². The molecule has 1 amide bonds. The highest BCUT2D eigenvalue weighted by molar-refractivity contribution is 5.92. The fourth-order valence-corrected chi connectivity index (χ4v) is 2.38. The number of rotatable bonds is 4. The van der Waals surface area contributed by atoms with E-state index in [4.69, 9.17) is 5.73 Å². The number of carbonyl (C=O) groups excluding carboxylic acids is 1. The van der Waals surface area contributed by atoms with Crippen molar-refractivity contribution < 1.29 is 4.79 Å². The number of hydrogen-bond acceptors (Lipinski definition) is 3. The van der Waals surface area contributed by atoms with Crippen LogP contribution in [0.4, 0.5) is 5.69 Å². The number of aryl methyl sites for hydroxylation is 1. The first kappa shape index (κ1) is 17.0. The molecule has 1 aromatic carbocycles. The van der Waals surface area contributed by atoms with E-state index in [1.165, 1.54) is 5.56 Å². The van der Waals surface area contributed by atoms with Crippen LogP contribution in [0.1, 0.15) is 25.3 Å². The van der Waals surface area contributed by atoms with Gasteiger partial charge in [0.1, 0.15) is 0 Å². The number of anilines is 1. The molecular formula is C15H24ClN3O. The molecule has 0 atom stereocenters. The van der Waals surface area contributed by atoms with Crippen LogP contribution < -0.4 is 11.1 Å². The number of amides is 1. The molecule has 1 heterocycles. The zero-order valence-corrected chi connectivity index (χ0v) is 12.8. The summed E-state index contributed by atoms with van der Waals surface area (Å²) in [5.41, 5.74) is 7.98. The molecule has 1 saturated heterocycles. The van der Waals surface area contributed by atoms with Gasteiger partial charge in [0.25, 0.3) is 0 Å². The summed E-state index contributed by atoms with van der Waals surface area (Å²) >= 11 is 0. The number of hydrogen-bond donors (Lipinski definition) is 2. The Labute approximate surface area is 127 Å². The van der Waals surface area contributed by atoms with Crippen LogP contribution in [-0.4, -0.2) is 36.5 Å². The lowest BCUT2D eigenvalue weighted by atomic mass is 10.1. The molecule has 5 heteroatoms. The third-order valence-corrected chi connectivity index (χ3v) is 3.62. The predicted molar refractivity (Wildman–Crippen MR) is 85.3 cm³/mol. The van der Waals surface area contributed by atoms with E-state index in [1.807, 2.05) is 18.2 Å². The van der Waals surface area contributed by atoms with E-state index in [9.17, 15) is 4.79 Å². The maximum absolute atomic E-state index is 12.0. The van der Waals surface area contributed by atoms with Gasteiger partial charge in [0, 0.05) is 24.8 Å². The zero-order chi connectivity index (χ0) is 13.7. The molecular weight excluding hydrogens is 274 g/mol. The molecule has 0 unspecified atom stereocenters. The molecule has 0 aromatic heterocycles. The van der Waals surface area contributed by atoms with Gasteiger partial charge in [-0.25, -0.2) is 0 Å². The monoisotopic (exact) mass is 297 g/mol. The van der Waals surface area contributed by atoms with Gasteiger partial charge in [-0.05, 0) is 37.0 Å². The summed E-state index contributed by atoms with van der Waals surface area (Å²) in [4.78, 5) is 14.1. The maximum atomic E-state index is 12.0. The lowest BCUT2D eigenvalue weighted by Gasteiger charge is -2.29. The van der Waals surface area contributed by atoms with E-state index in [1.54, 1.807) is 0 Å². The number of likely N-dealkylation sites (tertiary alicyclic amines) is 1. The van der Waals surface area contributed by atoms with E-state index in [0.29, 0.717) is 12.6 Å². The summed E-state index contributed by atoms with van der Waals surface area (Å²) < 4.78 is 0. The Bertz CT molecular complexity index is 431. The van der Waals surface area contributed by atoms with Crippen molar-refractivity contribution in [3.63, 3.8) is 0 Å². The Morgan fingerprint density at radius 2 is 2.10 bits per heavy atom. The van der Waals surface area contributed by atoms with Crippen LogP contribution in [0.15, 0.2) is 24.3 Å². The third kappa shape index (κ3) is 5.12. The first-order valence-electron chi connectivity index (χ1n) is 7.04. The quantitative estimate of drug-likeness (QED) is 0.894. The SMILES string of the molecule is CCc1cccc(NC(=O)CN2CCC(N)CC2)c1.Cl. The van der Waals surface area contributed by atoms with Crippen molar-refractivity contribution in [2.24, 2.45) is 5.73 Å². The minimum absolute atomic E-state index is 0. The highest BCUT2D eigenvalue weighted by Gasteiger charge is 2.18. The topological polar surface area (TPSA) is 58.4 Å². The van der Waals surface area contributed by atoms with Crippen molar-refractivity contribution in [2.45, 2.75) is 32.2 Å². The van der Waals surface area contributed by atoms with E-state index in [-0.39, 0.29) is 18.3 Å². The van der Waals surface area contributed by atoms with Crippen molar-refractivity contribution in [3.05, 3.63) is 29.8 Å². The van der Waals surface area contributed by atoms with Crippen LogP contribution in [0.3, 0.4) is 0 Å². The van der Waals surface area contributed by atoms with Crippen LogP contribution in [0.5, 0.6) is 0 Å². The molecule has 0 saturated carbocycles. The molecule has 0 radical (unpaired) electrons. The van der Waals surface area contributed by atoms with Gasteiger partial charge in [0.15, 0.2) is 0 Å². The Hall–Kier alpha value is -1.10. The maximum Gasteiger partial charge on any atom is 0.238 e. The Morgan fingerprint density at radius 3 is 2.75 bits per heavy atom. The lowest BCUT2D eigenvalue weighted by Crippen LogP contribution is -2.43. The molecule has 1 aliphatic heterocycles. The summed E-state index contributed by atoms with van der Waals surface area (Å²) in [7, 11) is 0. The van der Waals surface area contributed by atoms with Crippen LogP contribution in [0.2, 0.25) is 0 Å². The van der Waals surface area contributed by atoms with Gasteiger partial charge in [0.2, 0.25) is 5.91 Å². The lowest BCUT2D eigenvalue weighted by molar-refractivity contribution is -0.117. The molecule has 1 aromatic rings. The van der Waals surface area contributed by atoms with Gasteiger partial charge in [-0.1, -0.05) is 19.1 Å². The van der Waals surface area contributed by atoms with Crippen LogP contribution in [0, 0.1) is 0 Å². The van der Waals surface area contributed by atoms with Crippen LogP contribution in [-0.2, 0) is 11.2 Å². The predicted octanol–water partition coefficient (Wildman–Crippen LogP) is 2.03. The molecule has 1 fully saturated rings. The summed E-state index contributed by atoms with van der Waals surface area (Å²) in [6.45, 7) is 4.41. The van der Waals surface area contributed by atoms with E-state index >= 15 is 0 Å². The second-order valence-corrected chi connectivity index (χ2v) is 5.22. The Morgan fingerprint density at radius 1 is 1.40 bits per heavy atom. The molecule has 1 aliphatic rings. The van der Waals surface area contributed by atoms with E-state index in [0.717, 1.165) is 38.0 Å². The van der Waals surface area contributed by atoms with E-state index in [2.05, 4.69) is 23.2 Å². The fourth-order valence-electron chi connectivity index (χ4n) is 2.38. The van der Waals surface area contributed by atoms with Crippen molar-refractivity contribution in [3.8, 4) is 0 Å². The molecule has 0 bridgehead atoms. The van der Waals surface area contributed by atoms with Gasteiger partial charge < -0.3 is 11.1 Å². The first-order chi connectivity index (χ1) is 9.17. The standard InChI is InChI=1S/C15H23N3O.ClH/c1-2-12-4-3-5-14(10-12)17-15(19)11-18-8-6-13(16)7-9-18;/h3-5,10,13H,2,6-9,11,16H2,1H3,(H,17,19);1H. The van der Waals surface area contributed by atoms with Crippen molar-refractivity contribution in [2.75, 3.05) is 25.0 Å². The number of carbonyl (C=O) groups is 1. The van der Waals surface area contributed by atoms with Gasteiger partial charge in [-0.3, -0.25) is 9.69 Å². The van der Waals surface area contributed by atoms with Gasteiger partial charge in [0.05, 0.1) is 6.54 Å². The molecule has 0 spiro atoms. The van der Waals surface area contributed by atoms with Gasteiger partial charge >= 0.3 is 0 Å². The van der Waals surface area contributed by atoms with Gasteiger partial charge in [-0.15, -0.1) is 12.4 Å². The zero-order valence-electron chi connectivity index (χ0n) is 12.0. The third-order valence-electron chi connectivity index (χ3n) is 3.62. The van der Waals surface area contributed by atoms with Crippen molar-refractivity contribution in [1.82, 2.24) is 4.90 Å². The highest BCUT2D eigenvalue weighted by Crippen LogP contribution is 2.12. The average molecular weight is 298 g/mol. The second-order valence-electron chi connectivity index (χ2n) is 5.22. The van der Waals surface area contributed by atoms with Crippen molar-refractivity contribution >= 4 is 24.0 Å². The summed E-state index contributed by atoms with van der Waals surface area (Å²) in [5, 5.41) is 2.96. The summed E-state index contributed by atoms with van der Waals surface area (Å²) in [6, 6.07) is 8.32. The molecule has 112 valence electrons. The average Bonchev–Trinajstić information content (AvgIpc) is 2.41. The molecule has 20 heavy (non-hydrogen) atoms. The Kier molecular flexibility index (Phi) is 6.99. The minimum atomic E-state index is 0. The molecule has 4 nitrogen and oxygen atoms in total. The Balaban J connectivity index is 0.00000200. The number of nitrogens with one attached hydrogen (secondary N) is 1. The second kappa shape index (κ2) is 8.25. The minimum Gasteiger partial charge on any atom is -0.328 e. The highest BCUT2D eigenvalue weighted by atomic mass is 35.5. The number of nitrogens with two attached hydrogens (primary N) is 1. The number of benzene rings is 1. The summed E-state index contributed by atoms with van der Waals surface area (Å²) in [5.74, 6) is 0.0590. The van der Waals surface area contributed by atoms with Crippen LogP contribution in [0.25, 0.3) is 0 Å². The molecule has 3 N–H and O–H groups in total. The van der Waals surface area contributed by atoms with E-state index < -0.39 is 0 Å². The number of piperidine rings is 1. The molecule has 2 rings (SSSR count). The summed E-state index contributed by atoms with van der Waals surface area (Å²) in [6.07, 6.45) is 2.95. The number of halogens is 1. The normalized spacial score (nSPS) is 16.5. The largest absolute Gasteiger partial charge is 0.328 e. The van der Waals surface area contributed by atoms with Crippen LogP contribution >= 0.6 is 12.4 Å². The number of nitrogens with zero attached hydrogens (tertiary/aromatic N) is 1. The van der Waals surface area contributed by atoms with Gasteiger partial charge in [-0.2, -0.15) is 0 Å². The fraction of sp³-hybridized carbons (Fsp3) is 0.533. The molecule has 0 aliphatic carbocycles. The first-order valence-corrected chi connectivity index (χ1v) is 7.04.